The van der Waals surface area contributed by atoms with Crippen LogP contribution in [0, 0.1) is 23.2 Å². The predicted octanol–water partition coefficient (Wildman–Crippen LogP) is 4.89. The number of aryl methyl sites for hydroxylation is 1. The molecule has 0 saturated carbocycles. The van der Waals surface area contributed by atoms with Gasteiger partial charge in [0.2, 0.25) is 0 Å². The first kappa shape index (κ1) is 21.4. The third kappa shape index (κ3) is 3.18. The summed E-state index contributed by atoms with van der Waals surface area (Å²) in [6, 6.07) is 10.8. The quantitative estimate of drug-likeness (QED) is 0.582. The molecule has 5 rings (SSSR count). The molecule has 3 aromatic rings. The van der Waals surface area contributed by atoms with Crippen molar-refractivity contribution in [1.29, 1.82) is 5.26 Å². The third-order valence-electron chi connectivity index (χ3n) is 7.58. The summed E-state index contributed by atoms with van der Waals surface area (Å²) in [5.74, 6) is 1.23. The number of allylic oxidation sites excluding steroid dienone is 2. The summed E-state index contributed by atoms with van der Waals surface area (Å²) in [5, 5.41) is 14.1. The summed E-state index contributed by atoms with van der Waals surface area (Å²) < 4.78 is 4.02. The highest BCUT2D eigenvalue weighted by Gasteiger charge is 2.50. The highest BCUT2D eigenvalue weighted by Crippen LogP contribution is 2.50. The minimum Gasteiger partial charge on any atom is -0.293 e. The van der Waals surface area contributed by atoms with Gasteiger partial charge >= 0.3 is 0 Å². The van der Waals surface area contributed by atoms with Crippen LogP contribution < -0.4 is 0 Å². The summed E-state index contributed by atoms with van der Waals surface area (Å²) in [6.07, 6.45) is 7.46. The lowest BCUT2D eigenvalue weighted by Gasteiger charge is -2.44. The maximum Gasteiger partial charge on any atom is 0.176 e. The van der Waals surface area contributed by atoms with Crippen LogP contribution in [0.3, 0.4) is 0 Å². The maximum absolute atomic E-state index is 12.7. The molecule has 0 N–H and O–H groups in total. The zero-order valence-electron chi connectivity index (χ0n) is 19.8. The predicted molar refractivity (Wildman–Crippen MR) is 127 cm³/mol. The number of fused-ring (bicyclic) bond motifs is 3. The van der Waals surface area contributed by atoms with E-state index in [1.54, 1.807) is 4.68 Å². The van der Waals surface area contributed by atoms with E-state index in [1.807, 2.05) is 32.4 Å². The number of rotatable bonds is 3. The van der Waals surface area contributed by atoms with Crippen molar-refractivity contribution < 1.29 is 4.79 Å². The zero-order chi connectivity index (χ0) is 23.5. The molecule has 2 aromatic heterocycles. The van der Waals surface area contributed by atoms with E-state index < -0.39 is 5.41 Å². The SMILES string of the molecule is CC(C)c1ccc(-c2nc3c(n2-c2cnn(C)c2)CC[C@@H]2[C@@H](C)C(=O)C(C#N)=C[C@@]32C)cc1. The van der Waals surface area contributed by atoms with Crippen LogP contribution in [0.4, 0.5) is 0 Å². The summed E-state index contributed by atoms with van der Waals surface area (Å²) in [5.41, 5.74) is 5.20. The summed E-state index contributed by atoms with van der Waals surface area (Å²) >= 11 is 0. The second-order valence-electron chi connectivity index (χ2n) is 9.97. The maximum atomic E-state index is 12.7. The number of nitrogens with zero attached hydrogens (tertiary/aromatic N) is 5. The number of hydrogen-bond donors (Lipinski definition) is 0. The molecule has 0 bridgehead atoms. The molecule has 6 heteroatoms. The van der Waals surface area contributed by atoms with Gasteiger partial charge in [0.05, 0.1) is 23.2 Å². The van der Waals surface area contributed by atoms with Crippen LogP contribution in [-0.4, -0.2) is 25.1 Å². The van der Waals surface area contributed by atoms with Gasteiger partial charge in [-0.1, -0.05) is 58.0 Å². The van der Waals surface area contributed by atoms with Gasteiger partial charge in [0.25, 0.3) is 0 Å². The van der Waals surface area contributed by atoms with Crippen LogP contribution in [-0.2, 0) is 23.7 Å². The smallest absolute Gasteiger partial charge is 0.176 e. The van der Waals surface area contributed by atoms with Crippen molar-refractivity contribution in [2.45, 2.75) is 51.9 Å². The first-order chi connectivity index (χ1) is 15.7. The van der Waals surface area contributed by atoms with Crippen LogP contribution in [0.25, 0.3) is 17.1 Å². The number of aromatic nitrogens is 4. The van der Waals surface area contributed by atoms with Gasteiger partial charge in [-0.25, -0.2) is 4.98 Å². The number of benzene rings is 1. The Labute approximate surface area is 194 Å². The van der Waals surface area contributed by atoms with Gasteiger partial charge in [-0.05, 0) is 30.2 Å². The molecule has 0 aliphatic heterocycles. The first-order valence-corrected chi connectivity index (χ1v) is 11.6. The van der Waals surface area contributed by atoms with Crippen LogP contribution in [0.1, 0.15) is 57.0 Å². The summed E-state index contributed by atoms with van der Waals surface area (Å²) in [4.78, 5) is 18.0. The lowest BCUT2D eigenvalue weighted by Crippen LogP contribution is -2.45. The van der Waals surface area contributed by atoms with Crippen molar-refractivity contribution in [2.75, 3.05) is 0 Å². The van der Waals surface area contributed by atoms with Crippen LogP contribution in [0.5, 0.6) is 0 Å². The van der Waals surface area contributed by atoms with Gasteiger partial charge in [0.1, 0.15) is 11.9 Å². The fraction of sp³-hybridized carbons (Fsp3) is 0.407. The monoisotopic (exact) mass is 439 g/mol. The van der Waals surface area contributed by atoms with Crippen LogP contribution in [0.15, 0.2) is 48.3 Å². The minimum absolute atomic E-state index is 0.0420. The van der Waals surface area contributed by atoms with Gasteiger partial charge in [0, 0.05) is 35.8 Å². The topological polar surface area (TPSA) is 76.5 Å². The van der Waals surface area contributed by atoms with E-state index in [1.165, 1.54) is 5.56 Å². The Hall–Kier alpha value is -3.46. The number of ketones is 1. The number of imidazole rings is 1. The molecule has 168 valence electrons. The molecule has 3 atom stereocenters. The Kier molecular flexibility index (Phi) is 4.89. The normalized spacial score (nSPS) is 24.3. The average Bonchev–Trinajstić information content (AvgIpc) is 3.40. The molecule has 2 aliphatic rings. The van der Waals surface area contributed by atoms with Crippen molar-refractivity contribution in [1.82, 2.24) is 19.3 Å². The van der Waals surface area contributed by atoms with E-state index in [-0.39, 0.29) is 23.2 Å². The molecule has 1 aromatic carbocycles. The highest BCUT2D eigenvalue weighted by atomic mass is 16.1. The van der Waals surface area contributed by atoms with E-state index in [9.17, 15) is 10.1 Å². The molecule has 0 spiro atoms. The van der Waals surface area contributed by atoms with Crippen molar-refractivity contribution in [3.63, 3.8) is 0 Å². The number of Topliss-reactive ketones (excluding diaryl/α,β-unsaturated/α-hetero) is 1. The molecule has 0 fully saturated rings. The van der Waals surface area contributed by atoms with Crippen molar-refractivity contribution in [3.8, 4) is 23.1 Å². The van der Waals surface area contributed by atoms with E-state index in [4.69, 9.17) is 4.98 Å². The molecule has 2 aliphatic carbocycles. The van der Waals surface area contributed by atoms with Gasteiger partial charge in [-0.15, -0.1) is 0 Å². The average molecular weight is 440 g/mol. The molecule has 33 heavy (non-hydrogen) atoms. The highest BCUT2D eigenvalue weighted by molar-refractivity contribution is 6.02. The van der Waals surface area contributed by atoms with Crippen molar-refractivity contribution in [3.05, 3.63) is 65.3 Å². The fourth-order valence-electron chi connectivity index (χ4n) is 5.73. The molecule has 0 amide bonds. The van der Waals surface area contributed by atoms with Gasteiger partial charge in [0.15, 0.2) is 5.78 Å². The standard InChI is InChI=1S/C27H29N5O/c1-16(2)18-6-8-19(9-7-18)26-30-25-23(32(26)21-14-29-31(5)15-21)11-10-22-17(3)24(33)20(13-28)12-27(22,25)4/h6-9,12,14-17,22H,10-11H2,1-5H3/t17-,22-,27-/m1/s1. The van der Waals surface area contributed by atoms with Crippen molar-refractivity contribution >= 4 is 5.78 Å². The number of hydrogen-bond acceptors (Lipinski definition) is 4. The Morgan fingerprint density at radius 1 is 1.24 bits per heavy atom. The Bertz CT molecular complexity index is 1320. The molecule has 0 radical (unpaired) electrons. The van der Waals surface area contributed by atoms with Gasteiger partial charge in [-0.2, -0.15) is 10.4 Å². The van der Waals surface area contributed by atoms with Gasteiger partial charge in [-0.3, -0.25) is 14.0 Å². The lowest BCUT2D eigenvalue weighted by atomic mass is 9.58. The van der Waals surface area contributed by atoms with Crippen LogP contribution >= 0.6 is 0 Å². The summed E-state index contributed by atoms with van der Waals surface area (Å²) in [6.45, 7) is 8.48. The van der Waals surface area contributed by atoms with Gasteiger partial charge < -0.3 is 0 Å². The zero-order valence-corrected chi connectivity index (χ0v) is 19.8. The number of carbonyl (C=O) groups excluding carboxylic acids is 1. The Morgan fingerprint density at radius 3 is 2.58 bits per heavy atom. The van der Waals surface area contributed by atoms with Crippen molar-refractivity contribution in [2.24, 2.45) is 18.9 Å². The van der Waals surface area contributed by atoms with E-state index in [2.05, 4.69) is 60.8 Å². The Morgan fingerprint density at radius 2 is 1.97 bits per heavy atom. The fourth-order valence-corrected chi connectivity index (χ4v) is 5.73. The summed E-state index contributed by atoms with van der Waals surface area (Å²) in [7, 11) is 1.91. The Balaban J connectivity index is 1.76. The second-order valence-corrected chi connectivity index (χ2v) is 9.97. The van der Waals surface area contributed by atoms with Crippen LogP contribution in [0.2, 0.25) is 0 Å². The third-order valence-corrected chi connectivity index (χ3v) is 7.58. The number of nitriles is 1. The largest absolute Gasteiger partial charge is 0.293 e. The molecular weight excluding hydrogens is 410 g/mol. The lowest BCUT2D eigenvalue weighted by molar-refractivity contribution is -0.121. The van der Waals surface area contributed by atoms with E-state index in [0.717, 1.165) is 41.3 Å². The van der Waals surface area contributed by atoms with E-state index >= 15 is 0 Å². The van der Waals surface area contributed by atoms with E-state index in [0.29, 0.717) is 5.92 Å². The second kappa shape index (κ2) is 7.55. The minimum atomic E-state index is -0.466. The molecule has 0 saturated heterocycles. The molecule has 2 heterocycles. The first-order valence-electron chi connectivity index (χ1n) is 11.6. The molecular formula is C27H29N5O. The number of carbonyl (C=O) groups is 1. The molecule has 0 unspecified atom stereocenters. The molecule has 6 nitrogen and oxygen atoms in total.